The summed E-state index contributed by atoms with van der Waals surface area (Å²) in [6.07, 6.45) is 7.56. The van der Waals surface area contributed by atoms with Crippen LogP contribution < -0.4 is 5.32 Å². The molecule has 2 nitrogen and oxygen atoms in total. The molecule has 0 aliphatic heterocycles. The monoisotopic (exact) mass is 253 g/mol. The van der Waals surface area contributed by atoms with Crippen molar-refractivity contribution in [3.05, 3.63) is 23.7 Å². The minimum absolute atomic E-state index is 0.679. The van der Waals surface area contributed by atoms with E-state index in [0.29, 0.717) is 6.04 Å². The zero-order valence-corrected chi connectivity index (χ0v) is 11.7. The highest BCUT2D eigenvalue weighted by Crippen LogP contribution is 2.24. The molecule has 0 spiro atoms. The molecule has 1 aromatic rings. The lowest BCUT2D eigenvalue weighted by atomic mass is 9.86. The van der Waals surface area contributed by atoms with Gasteiger partial charge in [0.05, 0.1) is 12.3 Å². The van der Waals surface area contributed by atoms with Gasteiger partial charge < -0.3 is 9.73 Å². The first-order chi connectivity index (χ1) is 8.29. The van der Waals surface area contributed by atoms with Crippen molar-refractivity contribution in [1.82, 2.24) is 5.32 Å². The topological polar surface area (TPSA) is 25.2 Å². The van der Waals surface area contributed by atoms with Gasteiger partial charge in [-0.25, -0.2) is 0 Å². The van der Waals surface area contributed by atoms with Crippen molar-refractivity contribution in [3.8, 4) is 0 Å². The van der Waals surface area contributed by atoms with Gasteiger partial charge in [0.2, 0.25) is 0 Å². The molecule has 1 saturated carbocycles. The minimum atomic E-state index is 0.679. The highest BCUT2D eigenvalue weighted by molar-refractivity contribution is 7.97. The van der Waals surface area contributed by atoms with Gasteiger partial charge in [0.1, 0.15) is 11.5 Å². The Morgan fingerprint density at radius 2 is 2.06 bits per heavy atom. The maximum Gasteiger partial charge on any atom is 0.118 e. The second-order valence-electron chi connectivity index (χ2n) is 5.05. The standard InChI is InChI=1S/C14H23NOS/c1-11-5-3-4-6-14(11)15-9-12-7-8-13(16-12)10-17-2/h7-8,11,14-15H,3-6,9-10H2,1-2H3. The van der Waals surface area contributed by atoms with Gasteiger partial charge in [0, 0.05) is 6.04 Å². The normalized spacial score (nSPS) is 25.1. The van der Waals surface area contributed by atoms with E-state index in [-0.39, 0.29) is 0 Å². The Morgan fingerprint density at radius 1 is 1.29 bits per heavy atom. The summed E-state index contributed by atoms with van der Waals surface area (Å²) in [6.45, 7) is 3.24. The van der Waals surface area contributed by atoms with Crippen LogP contribution in [0.4, 0.5) is 0 Å². The molecule has 1 aromatic heterocycles. The van der Waals surface area contributed by atoms with Crippen LogP contribution in [0.15, 0.2) is 16.5 Å². The van der Waals surface area contributed by atoms with Crippen LogP contribution in [0.3, 0.4) is 0 Å². The summed E-state index contributed by atoms with van der Waals surface area (Å²) in [5, 5.41) is 3.64. The molecule has 0 amide bonds. The smallest absolute Gasteiger partial charge is 0.118 e. The van der Waals surface area contributed by atoms with Crippen molar-refractivity contribution >= 4 is 11.8 Å². The predicted molar refractivity (Wildman–Crippen MR) is 74.2 cm³/mol. The molecular formula is C14H23NOS. The molecule has 2 atom stereocenters. The number of furan rings is 1. The van der Waals surface area contributed by atoms with E-state index in [9.17, 15) is 0 Å². The molecule has 0 saturated heterocycles. The van der Waals surface area contributed by atoms with E-state index in [1.165, 1.54) is 25.7 Å². The van der Waals surface area contributed by atoms with Gasteiger partial charge in [0.15, 0.2) is 0 Å². The molecule has 1 heterocycles. The second-order valence-corrected chi connectivity index (χ2v) is 5.92. The predicted octanol–water partition coefficient (Wildman–Crippen LogP) is 3.81. The Labute approximate surface area is 109 Å². The lowest BCUT2D eigenvalue weighted by Gasteiger charge is -2.29. The second kappa shape index (κ2) is 6.50. The molecule has 2 unspecified atom stereocenters. The zero-order chi connectivity index (χ0) is 12.1. The fourth-order valence-corrected chi connectivity index (χ4v) is 3.03. The van der Waals surface area contributed by atoms with Crippen LogP contribution in [-0.4, -0.2) is 12.3 Å². The highest BCUT2D eigenvalue weighted by atomic mass is 32.2. The van der Waals surface area contributed by atoms with Crippen LogP contribution >= 0.6 is 11.8 Å². The van der Waals surface area contributed by atoms with Crippen LogP contribution in [0.2, 0.25) is 0 Å². The molecule has 17 heavy (non-hydrogen) atoms. The third-order valence-electron chi connectivity index (χ3n) is 3.65. The molecular weight excluding hydrogens is 230 g/mol. The Morgan fingerprint density at radius 3 is 2.82 bits per heavy atom. The van der Waals surface area contributed by atoms with Crippen LogP contribution in [0, 0.1) is 5.92 Å². The first-order valence-corrected chi connectivity index (χ1v) is 7.99. The van der Waals surface area contributed by atoms with Gasteiger partial charge in [-0.05, 0) is 37.1 Å². The number of hydrogen-bond donors (Lipinski definition) is 1. The minimum Gasteiger partial charge on any atom is -0.464 e. The molecule has 0 radical (unpaired) electrons. The largest absolute Gasteiger partial charge is 0.464 e. The van der Waals surface area contributed by atoms with Crippen molar-refractivity contribution in [2.75, 3.05) is 6.26 Å². The van der Waals surface area contributed by atoms with Crippen LogP contribution in [-0.2, 0) is 12.3 Å². The molecule has 0 bridgehead atoms. The maximum atomic E-state index is 5.77. The fourth-order valence-electron chi connectivity index (χ4n) is 2.59. The first-order valence-electron chi connectivity index (χ1n) is 6.59. The van der Waals surface area contributed by atoms with Crippen molar-refractivity contribution in [2.24, 2.45) is 5.92 Å². The van der Waals surface area contributed by atoms with Crippen LogP contribution in [0.25, 0.3) is 0 Å². The fraction of sp³-hybridized carbons (Fsp3) is 0.714. The van der Waals surface area contributed by atoms with E-state index in [4.69, 9.17) is 4.42 Å². The van der Waals surface area contributed by atoms with Crippen LogP contribution in [0.1, 0.15) is 44.1 Å². The van der Waals surface area contributed by atoms with Crippen molar-refractivity contribution < 1.29 is 4.42 Å². The maximum absolute atomic E-state index is 5.77. The van der Waals surface area contributed by atoms with E-state index in [1.54, 1.807) is 11.8 Å². The van der Waals surface area contributed by atoms with E-state index >= 15 is 0 Å². The molecule has 2 rings (SSSR count). The van der Waals surface area contributed by atoms with E-state index in [2.05, 4.69) is 30.6 Å². The van der Waals surface area contributed by atoms with E-state index in [0.717, 1.165) is 29.7 Å². The van der Waals surface area contributed by atoms with Crippen molar-refractivity contribution in [3.63, 3.8) is 0 Å². The molecule has 0 aromatic carbocycles. The summed E-state index contributed by atoms with van der Waals surface area (Å²) in [6, 6.07) is 4.88. The summed E-state index contributed by atoms with van der Waals surface area (Å²) in [7, 11) is 0. The summed E-state index contributed by atoms with van der Waals surface area (Å²) in [4.78, 5) is 0. The van der Waals surface area contributed by atoms with Crippen molar-refractivity contribution in [2.45, 2.75) is 50.9 Å². The van der Waals surface area contributed by atoms with Gasteiger partial charge in [0.25, 0.3) is 0 Å². The number of nitrogens with one attached hydrogen (secondary N) is 1. The van der Waals surface area contributed by atoms with Gasteiger partial charge in [-0.2, -0.15) is 11.8 Å². The molecule has 3 heteroatoms. The number of rotatable bonds is 5. The van der Waals surface area contributed by atoms with Gasteiger partial charge in [-0.1, -0.05) is 19.8 Å². The summed E-state index contributed by atoms with van der Waals surface area (Å²) < 4.78 is 5.77. The molecule has 1 aliphatic carbocycles. The zero-order valence-electron chi connectivity index (χ0n) is 10.9. The Kier molecular flexibility index (Phi) is 4.99. The molecule has 1 fully saturated rings. The Hall–Kier alpha value is -0.410. The van der Waals surface area contributed by atoms with Crippen LogP contribution in [0.5, 0.6) is 0 Å². The number of hydrogen-bond acceptors (Lipinski definition) is 3. The molecule has 1 N–H and O–H groups in total. The van der Waals surface area contributed by atoms with Crippen molar-refractivity contribution in [1.29, 1.82) is 0 Å². The summed E-state index contributed by atoms with van der Waals surface area (Å²) in [5.41, 5.74) is 0. The van der Waals surface area contributed by atoms with Gasteiger partial charge >= 0.3 is 0 Å². The Balaban J connectivity index is 1.79. The molecule has 96 valence electrons. The van der Waals surface area contributed by atoms with E-state index < -0.39 is 0 Å². The van der Waals surface area contributed by atoms with Gasteiger partial charge in [-0.15, -0.1) is 0 Å². The SMILES string of the molecule is CSCc1ccc(CNC2CCCCC2C)o1. The van der Waals surface area contributed by atoms with E-state index in [1.807, 2.05) is 0 Å². The lowest BCUT2D eigenvalue weighted by molar-refractivity contribution is 0.272. The van der Waals surface area contributed by atoms with Gasteiger partial charge in [-0.3, -0.25) is 0 Å². The summed E-state index contributed by atoms with van der Waals surface area (Å²) in [5.74, 6) is 3.95. The quantitative estimate of drug-likeness (QED) is 0.864. The highest BCUT2D eigenvalue weighted by Gasteiger charge is 2.20. The average Bonchev–Trinajstić information content (AvgIpc) is 2.76. The first kappa shape index (κ1) is 13.0. The lowest BCUT2D eigenvalue weighted by Crippen LogP contribution is -2.36. The average molecular weight is 253 g/mol. The third-order valence-corrected chi connectivity index (χ3v) is 4.23. The summed E-state index contributed by atoms with van der Waals surface area (Å²) >= 11 is 1.80. The molecule has 1 aliphatic rings. The Bertz CT molecular complexity index is 337. The number of thioether (sulfide) groups is 1. The third kappa shape index (κ3) is 3.78.